The van der Waals surface area contributed by atoms with Crippen molar-refractivity contribution in [1.82, 2.24) is 5.32 Å². The molecule has 0 unspecified atom stereocenters. The highest BCUT2D eigenvalue weighted by molar-refractivity contribution is 5.22. The molecular formula is C16H25NO. The van der Waals surface area contributed by atoms with Gasteiger partial charge in [-0.1, -0.05) is 38.1 Å². The summed E-state index contributed by atoms with van der Waals surface area (Å²) in [5.74, 6) is 0.733. The van der Waals surface area contributed by atoms with Crippen LogP contribution < -0.4 is 5.32 Å². The minimum Gasteiger partial charge on any atom is -0.381 e. The van der Waals surface area contributed by atoms with E-state index in [1.807, 2.05) is 0 Å². The van der Waals surface area contributed by atoms with E-state index in [1.54, 1.807) is 0 Å². The van der Waals surface area contributed by atoms with Gasteiger partial charge in [0.2, 0.25) is 0 Å². The number of rotatable bonds is 5. The zero-order chi connectivity index (χ0) is 12.8. The summed E-state index contributed by atoms with van der Waals surface area (Å²) in [4.78, 5) is 0. The lowest BCUT2D eigenvalue weighted by Gasteiger charge is -2.23. The van der Waals surface area contributed by atoms with Gasteiger partial charge in [0, 0.05) is 25.8 Å². The average Bonchev–Trinajstić information content (AvgIpc) is 2.38. The number of hydrogen-bond donors (Lipinski definition) is 1. The van der Waals surface area contributed by atoms with Crippen LogP contribution in [0.4, 0.5) is 0 Å². The summed E-state index contributed by atoms with van der Waals surface area (Å²) in [5, 5.41) is 3.62. The van der Waals surface area contributed by atoms with Crippen molar-refractivity contribution >= 4 is 0 Å². The van der Waals surface area contributed by atoms with Gasteiger partial charge >= 0.3 is 0 Å². The molecule has 1 fully saturated rings. The molecule has 2 nitrogen and oxygen atoms in total. The van der Waals surface area contributed by atoms with E-state index in [2.05, 4.69) is 43.4 Å². The maximum Gasteiger partial charge on any atom is 0.0480 e. The highest BCUT2D eigenvalue weighted by Crippen LogP contribution is 2.11. The van der Waals surface area contributed by atoms with E-state index in [0.29, 0.717) is 6.04 Å². The third-order valence-electron chi connectivity index (χ3n) is 3.48. The molecule has 1 saturated heterocycles. The van der Waals surface area contributed by atoms with E-state index < -0.39 is 0 Å². The van der Waals surface area contributed by atoms with Crippen molar-refractivity contribution in [1.29, 1.82) is 0 Å². The molecular weight excluding hydrogens is 222 g/mol. The lowest BCUT2D eigenvalue weighted by molar-refractivity contribution is 0.0776. The van der Waals surface area contributed by atoms with Crippen molar-refractivity contribution in [2.75, 3.05) is 13.2 Å². The van der Waals surface area contributed by atoms with Crippen molar-refractivity contribution in [3.8, 4) is 0 Å². The monoisotopic (exact) mass is 247 g/mol. The van der Waals surface area contributed by atoms with Gasteiger partial charge in [0.25, 0.3) is 0 Å². The zero-order valence-electron chi connectivity index (χ0n) is 11.6. The summed E-state index contributed by atoms with van der Waals surface area (Å²) in [6.07, 6.45) is 3.46. The summed E-state index contributed by atoms with van der Waals surface area (Å²) in [6, 6.07) is 9.67. The predicted molar refractivity (Wildman–Crippen MR) is 75.7 cm³/mol. The molecule has 1 aliphatic heterocycles. The summed E-state index contributed by atoms with van der Waals surface area (Å²) in [5.41, 5.74) is 2.83. The third kappa shape index (κ3) is 4.43. The van der Waals surface area contributed by atoms with Gasteiger partial charge in [-0.3, -0.25) is 0 Å². The lowest BCUT2D eigenvalue weighted by Crippen LogP contribution is -2.34. The standard InChI is InChI=1S/C16H25NO/c1-13(2)11-14-3-5-15(6-4-14)12-17-16-7-9-18-10-8-16/h3-6,13,16-17H,7-12H2,1-2H3. The van der Waals surface area contributed by atoms with Crippen LogP contribution >= 0.6 is 0 Å². The molecule has 1 aliphatic rings. The second-order valence-corrected chi connectivity index (χ2v) is 5.68. The average molecular weight is 247 g/mol. The first-order chi connectivity index (χ1) is 8.74. The SMILES string of the molecule is CC(C)Cc1ccc(CNC2CCOCC2)cc1. The Balaban J connectivity index is 1.78. The van der Waals surface area contributed by atoms with E-state index in [9.17, 15) is 0 Å². The Morgan fingerprint density at radius 1 is 1.11 bits per heavy atom. The van der Waals surface area contributed by atoms with Crippen molar-refractivity contribution in [2.24, 2.45) is 5.92 Å². The van der Waals surface area contributed by atoms with E-state index in [-0.39, 0.29) is 0 Å². The number of hydrogen-bond acceptors (Lipinski definition) is 2. The highest BCUT2D eigenvalue weighted by Gasteiger charge is 2.12. The largest absolute Gasteiger partial charge is 0.381 e. The minimum absolute atomic E-state index is 0.633. The molecule has 1 aromatic rings. The maximum absolute atomic E-state index is 5.36. The Hall–Kier alpha value is -0.860. The summed E-state index contributed by atoms with van der Waals surface area (Å²) < 4.78 is 5.36. The molecule has 2 rings (SSSR count). The molecule has 2 heteroatoms. The second-order valence-electron chi connectivity index (χ2n) is 5.68. The number of ether oxygens (including phenoxy) is 1. The Morgan fingerprint density at radius 2 is 1.72 bits per heavy atom. The number of benzene rings is 1. The van der Waals surface area contributed by atoms with Gasteiger partial charge in [0.15, 0.2) is 0 Å². The Kier molecular flexibility index (Phi) is 5.21. The second kappa shape index (κ2) is 6.91. The molecule has 0 aliphatic carbocycles. The molecule has 1 aromatic carbocycles. The lowest BCUT2D eigenvalue weighted by atomic mass is 10.0. The van der Waals surface area contributed by atoms with Crippen LogP contribution in [0, 0.1) is 5.92 Å². The molecule has 0 amide bonds. The van der Waals surface area contributed by atoms with Gasteiger partial charge in [0.1, 0.15) is 0 Å². The molecule has 1 heterocycles. The Morgan fingerprint density at radius 3 is 2.33 bits per heavy atom. The molecule has 18 heavy (non-hydrogen) atoms. The first kappa shape index (κ1) is 13.6. The van der Waals surface area contributed by atoms with Gasteiger partial charge in [0.05, 0.1) is 0 Å². The fraction of sp³-hybridized carbons (Fsp3) is 0.625. The Bertz CT molecular complexity index is 339. The fourth-order valence-corrected chi connectivity index (χ4v) is 2.43. The summed E-state index contributed by atoms with van der Waals surface area (Å²) >= 11 is 0. The molecule has 0 aromatic heterocycles. The zero-order valence-corrected chi connectivity index (χ0v) is 11.6. The van der Waals surface area contributed by atoms with E-state index in [4.69, 9.17) is 4.74 Å². The molecule has 0 atom stereocenters. The predicted octanol–water partition coefficient (Wildman–Crippen LogP) is 3.15. The van der Waals surface area contributed by atoms with Gasteiger partial charge in [-0.05, 0) is 36.3 Å². The molecule has 1 N–H and O–H groups in total. The quantitative estimate of drug-likeness (QED) is 0.863. The van der Waals surface area contributed by atoms with Crippen LogP contribution in [0.3, 0.4) is 0 Å². The molecule has 0 radical (unpaired) electrons. The molecule has 0 spiro atoms. The van der Waals surface area contributed by atoms with E-state index in [0.717, 1.165) is 38.5 Å². The van der Waals surface area contributed by atoms with Gasteiger partial charge in [-0.25, -0.2) is 0 Å². The molecule has 0 bridgehead atoms. The van der Waals surface area contributed by atoms with E-state index >= 15 is 0 Å². The Labute approximate surface area is 111 Å². The smallest absolute Gasteiger partial charge is 0.0480 e. The van der Waals surface area contributed by atoms with Crippen molar-refractivity contribution < 1.29 is 4.74 Å². The normalized spacial score (nSPS) is 17.3. The summed E-state index contributed by atoms with van der Waals surface area (Å²) in [7, 11) is 0. The van der Waals surface area contributed by atoms with Crippen LogP contribution in [0.25, 0.3) is 0 Å². The minimum atomic E-state index is 0.633. The van der Waals surface area contributed by atoms with Crippen molar-refractivity contribution in [2.45, 2.75) is 45.7 Å². The van der Waals surface area contributed by atoms with Crippen molar-refractivity contribution in [3.05, 3.63) is 35.4 Å². The maximum atomic E-state index is 5.36. The first-order valence-corrected chi connectivity index (χ1v) is 7.13. The molecule has 100 valence electrons. The van der Waals surface area contributed by atoms with Crippen LogP contribution in [-0.2, 0) is 17.7 Å². The van der Waals surface area contributed by atoms with Crippen molar-refractivity contribution in [3.63, 3.8) is 0 Å². The fourth-order valence-electron chi connectivity index (χ4n) is 2.43. The highest BCUT2D eigenvalue weighted by atomic mass is 16.5. The topological polar surface area (TPSA) is 21.3 Å². The van der Waals surface area contributed by atoms with E-state index in [1.165, 1.54) is 17.5 Å². The van der Waals surface area contributed by atoms with Gasteiger partial charge < -0.3 is 10.1 Å². The van der Waals surface area contributed by atoms with Gasteiger partial charge in [-0.15, -0.1) is 0 Å². The van der Waals surface area contributed by atoms with Crippen LogP contribution in [0.1, 0.15) is 37.8 Å². The third-order valence-corrected chi connectivity index (χ3v) is 3.48. The van der Waals surface area contributed by atoms with Crippen LogP contribution in [0.2, 0.25) is 0 Å². The van der Waals surface area contributed by atoms with Crippen LogP contribution in [-0.4, -0.2) is 19.3 Å². The summed E-state index contributed by atoms with van der Waals surface area (Å²) in [6.45, 7) is 7.32. The molecule has 0 saturated carbocycles. The van der Waals surface area contributed by atoms with Gasteiger partial charge in [-0.2, -0.15) is 0 Å². The first-order valence-electron chi connectivity index (χ1n) is 7.13. The number of nitrogens with one attached hydrogen (secondary N) is 1. The van der Waals surface area contributed by atoms with Crippen LogP contribution in [0.15, 0.2) is 24.3 Å². The van der Waals surface area contributed by atoms with Crippen LogP contribution in [0.5, 0.6) is 0 Å².